The molecule has 0 N–H and O–H groups in total. The summed E-state index contributed by atoms with van der Waals surface area (Å²) in [4.78, 5) is 0. The minimum Gasteiger partial charge on any atom is -0.497 e. The molecule has 0 radical (unpaired) electrons. The van der Waals surface area contributed by atoms with Gasteiger partial charge in [0.05, 0.1) is 20.3 Å². The molecule has 0 aliphatic heterocycles. The maximum absolute atomic E-state index is 5.65. The standard InChI is InChI=1S/C19H24O4/c1-15-4-5-19(14-16(15)2)23-13-11-21-10-12-22-18-8-6-17(20-3)7-9-18/h4-9,14H,10-13H2,1-3H3. The topological polar surface area (TPSA) is 36.9 Å². The lowest BCUT2D eigenvalue weighted by molar-refractivity contribution is 0.0764. The van der Waals surface area contributed by atoms with Crippen LogP contribution in [0.4, 0.5) is 0 Å². The van der Waals surface area contributed by atoms with Gasteiger partial charge in [-0.15, -0.1) is 0 Å². The van der Waals surface area contributed by atoms with Crippen molar-refractivity contribution in [2.75, 3.05) is 33.5 Å². The molecule has 2 rings (SSSR count). The molecule has 23 heavy (non-hydrogen) atoms. The average molecular weight is 316 g/mol. The van der Waals surface area contributed by atoms with Crippen LogP contribution in [-0.4, -0.2) is 33.5 Å². The summed E-state index contributed by atoms with van der Waals surface area (Å²) in [6, 6.07) is 13.6. The molecule has 0 bridgehead atoms. The van der Waals surface area contributed by atoms with Crippen molar-refractivity contribution >= 4 is 0 Å². The summed E-state index contributed by atoms with van der Waals surface area (Å²) in [6.07, 6.45) is 0. The lowest BCUT2D eigenvalue weighted by Crippen LogP contribution is -2.12. The van der Waals surface area contributed by atoms with Crippen molar-refractivity contribution in [3.05, 3.63) is 53.6 Å². The van der Waals surface area contributed by atoms with Gasteiger partial charge >= 0.3 is 0 Å². The van der Waals surface area contributed by atoms with Gasteiger partial charge in [-0.25, -0.2) is 0 Å². The van der Waals surface area contributed by atoms with Gasteiger partial charge in [0.15, 0.2) is 0 Å². The van der Waals surface area contributed by atoms with E-state index in [0.29, 0.717) is 26.4 Å². The quantitative estimate of drug-likeness (QED) is 0.660. The Morgan fingerprint density at radius 3 is 1.83 bits per heavy atom. The van der Waals surface area contributed by atoms with Gasteiger partial charge in [0.2, 0.25) is 0 Å². The maximum Gasteiger partial charge on any atom is 0.119 e. The fourth-order valence-corrected chi connectivity index (χ4v) is 2.01. The van der Waals surface area contributed by atoms with Crippen molar-refractivity contribution in [1.82, 2.24) is 0 Å². The van der Waals surface area contributed by atoms with Gasteiger partial charge < -0.3 is 18.9 Å². The number of hydrogen-bond donors (Lipinski definition) is 0. The van der Waals surface area contributed by atoms with E-state index in [9.17, 15) is 0 Å². The number of aryl methyl sites for hydroxylation is 2. The molecule has 0 amide bonds. The first kappa shape index (κ1) is 17.2. The third-order valence-corrected chi connectivity index (χ3v) is 3.53. The van der Waals surface area contributed by atoms with Crippen LogP contribution in [0.5, 0.6) is 17.2 Å². The van der Waals surface area contributed by atoms with E-state index < -0.39 is 0 Å². The minimum atomic E-state index is 0.510. The van der Waals surface area contributed by atoms with Gasteiger partial charge in [-0.05, 0) is 61.4 Å². The SMILES string of the molecule is COc1ccc(OCCOCCOc2ccc(C)c(C)c2)cc1. The molecule has 2 aromatic carbocycles. The predicted molar refractivity (Wildman–Crippen MR) is 90.7 cm³/mol. The second-order valence-corrected chi connectivity index (χ2v) is 5.23. The third kappa shape index (κ3) is 5.83. The Morgan fingerprint density at radius 2 is 1.22 bits per heavy atom. The summed E-state index contributed by atoms with van der Waals surface area (Å²) >= 11 is 0. The molecule has 2 aromatic rings. The highest BCUT2D eigenvalue weighted by atomic mass is 16.5. The Labute approximate surface area is 137 Å². The van der Waals surface area contributed by atoms with E-state index in [1.54, 1.807) is 7.11 Å². The first-order valence-electron chi connectivity index (χ1n) is 7.73. The van der Waals surface area contributed by atoms with Crippen molar-refractivity contribution < 1.29 is 18.9 Å². The van der Waals surface area contributed by atoms with Crippen molar-refractivity contribution in [3.8, 4) is 17.2 Å². The summed E-state index contributed by atoms with van der Waals surface area (Å²) in [5, 5.41) is 0. The minimum absolute atomic E-state index is 0.510. The van der Waals surface area contributed by atoms with Crippen molar-refractivity contribution in [1.29, 1.82) is 0 Å². The Kier molecular flexibility index (Phi) is 6.76. The van der Waals surface area contributed by atoms with Crippen LogP contribution in [0.15, 0.2) is 42.5 Å². The van der Waals surface area contributed by atoms with E-state index in [-0.39, 0.29) is 0 Å². The predicted octanol–water partition coefficient (Wildman–Crippen LogP) is 3.79. The summed E-state index contributed by atoms with van der Waals surface area (Å²) < 4.78 is 21.8. The number of hydrogen-bond acceptors (Lipinski definition) is 4. The molecular formula is C19H24O4. The van der Waals surface area contributed by atoms with Gasteiger partial charge in [0.1, 0.15) is 30.5 Å². The Hall–Kier alpha value is -2.20. The number of benzene rings is 2. The van der Waals surface area contributed by atoms with Crippen LogP contribution in [0.3, 0.4) is 0 Å². The molecule has 0 aliphatic rings. The normalized spacial score (nSPS) is 10.4. The van der Waals surface area contributed by atoms with Crippen LogP contribution >= 0.6 is 0 Å². The summed E-state index contributed by atoms with van der Waals surface area (Å²) in [5.74, 6) is 2.50. The van der Waals surface area contributed by atoms with E-state index in [4.69, 9.17) is 18.9 Å². The van der Waals surface area contributed by atoms with Crippen LogP contribution in [0, 0.1) is 13.8 Å². The largest absolute Gasteiger partial charge is 0.497 e. The van der Waals surface area contributed by atoms with Crippen molar-refractivity contribution in [3.63, 3.8) is 0 Å². The van der Waals surface area contributed by atoms with Crippen molar-refractivity contribution in [2.24, 2.45) is 0 Å². The molecule has 4 heteroatoms. The van der Waals surface area contributed by atoms with E-state index >= 15 is 0 Å². The smallest absolute Gasteiger partial charge is 0.119 e. The van der Waals surface area contributed by atoms with E-state index in [1.807, 2.05) is 36.4 Å². The molecule has 124 valence electrons. The van der Waals surface area contributed by atoms with E-state index in [1.165, 1.54) is 11.1 Å². The van der Waals surface area contributed by atoms with Gasteiger partial charge in [0, 0.05) is 0 Å². The molecule has 0 saturated heterocycles. The Morgan fingerprint density at radius 1 is 0.652 bits per heavy atom. The molecule has 0 heterocycles. The number of ether oxygens (including phenoxy) is 4. The zero-order valence-electron chi connectivity index (χ0n) is 14.0. The lowest BCUT2D eigenvalue weighted by atomic mass is 10.1. The van der Waals surface area contributed by atoms with E-state index in [0.717, 1.165) is 17.2 Å². The van der Waals surface area contributed by atoms with Gasteiger partial charge in [-0.2, -0.15) is 0 Å². The third-order valence-electron chi connectivity index (χ3n) is 3.53. The number of methoxy groups -OCH3 is 1. The second-order valence-electron chi connectivity index (χ2n) is 5.23. The zero-order valence-corrected chi connectivity index (χ0v) is 14.0. The zero-order chi connectivity index (χ0) is 16.5. The Balaban J connectivity index is 1.56. The van der Waals surface area contributed by atoms with Gasteiger partial charge in [-0.3, -0.25) is 0 Å². The van der Waals surface area contributed by atoms with Crippen LogP contribution in [-0.2, 0) is 4.74 Å². The highest BCUT2D eigenvalue weighted by molar-refractivity contribution is 5.33. The van der Waals surface area contributed by atoms with Gasteiger partial charge in [0.25, 0.3) is 0 Å². The summed E-state index contributed by atoms with van der Waals surface area (Å²) in [6.45, 7) is 6.28. The Bertz CT molecular complexity index is 593. The molecular weight excluding hydrogens is 292 g/mol. The first-order valence-corrected chi connectivity index (χ1v) is 7.73. The molecule has 0 fully saturated rings. The lowest BCUT2D eigenvalue weighted by Gasteiger charge is -2.10. The fraction of sp³-hybridized carbons (Fsp3) is 0.368. The monoisotopic (exact) mass is 316 g/mol. The highest BCUT2D eigenvalue weighted by Gasteiger charge is 1.98. The first-order chi connectivity index (χ1) is 11.2. The second kappa shape index (κ2) is 9.06. The summed E-state index contributed by atoms with van der Waals surface area (Å²) in [5.41, 5.74) is 2.50. The molecule has 0 atom stereocenters. The molecule has 0 aromatic heterocycles. The molecule has 4 nitrogen and oxygen atoms in total. The van der Waals surface area contributed by atoms with Crippen LogP contribution in [0.2, 0.25) is 0 Å². The number of rotatable bonds is 9. The molecule has 0 unspecified atom stereocenters. The van der Waals surface area contributed by atoms with E-state index in [2.05, 4.69) is 19.9 Å². The van der Waals surface area contributed by atoms with Crippen molar-refractivity contribution in [2.45, 2.75) is 13.8 Å². The molecule has 0 spiro atoms. The molecule has 0 aliphatic carbocycles. The highest BCUT2D eigenvalue weighted by Crippen LogP contribution is 2.17. The van der Waals surface area contributed by atoms with Crippen LogP contribution in [0.1, 0.15) is 11.1 Å². The average Bonchev–Trinajstić information content (AvgIpc) is 2.57. The van der Waals surface area contributed by atoms with Crippen LogP contribution in [0.25, 0.3) is 0 Å². The molecule has 0 saturated carbocycles. The fourth-order valence-electron chi connectivity index (χ4n) is 2.01. The van der Waals surface area contributed by atoms with Crippen LogP contribution < -0.4 is 14.2 Å². The van der Waals surface area contributed by atoms with Gasteiger partial charge in [-0.1, -0.05) is 6.07 Å². The maximum atomic E-state index is 5.65. The summed E-state index contributed by atoms with van der Waals surface area (Å²) in [7, 11) is 1.64.